The van der Waals surface area contributed by atoms with Gasteiger partial charge in [-0.15, -0.1) is 0 Å². The van der Waals surface area contributed by atoms with Gasteiger partial charge in [0.05, 0.1) is 5.69 Å². The molecule has 6 nitrogen and oxygen atoms in total. The Morgan fingerprint density at radius 1 is 1.20 bits per heavy atom. The molecule has 130 valence electrons. The van der Waals surface area contributed by atoms with E-state index in [9.17, 15) is 9.59 Å². The number of nitrogens with one attached hydrogen (secondary N) is 2. The van der Waals surface area contributed by atoms with E-state index in [0.717, 1.165) is 5.56 Å². The Hall–Kier alpha value is -3.02. The van der Waals surface area contributed by atoms with Crippen LogP contribution >= 0.6 is 0 Å². The fourth-order valence-electron chi connectivity index (χ4n) is 2.45. The number of ether oxygens (including phenoxy) is 2. The van der Waals surface area contributed by atoms with E-state index in [4.69, 9.17) is 9.47 Å². The zero-order valence-electron chi connectivity index (χ0n) is 14.4. The minimum atomic E-state index is -0.663. The summed E-state index contributed by atoms with van der Waals surface area (Å²) in [5.41, 5.74) is 3.38. The van der Waals surface area contributed by atoms with Crippen LogP contribution in [0.15, 0.2) is 36.4 Å². The summed E-state index contributed by atoms with van der Waals surface area (Å²) in [5, 5.41) is 5.49. The zero-order valence-corrected chi connectivity index (χ0v) is 14.4. The first kappa shape index (κ1) is 16.8. The molecule has 2 aromatic rings. The molecule has 2 N–H and O–H groups in total. The second kappa shape index (κ2) is 6.84. The van der Waals surface area contributed by atoms with Crippen LogP contribution in [-0.2, 0) is 9.59 Å². The quantitative estimate of drug-likeness (QED) is 0.897. The summed E-state index contributed by atoms with van der Waals surface area (Å²) in [4.78, 5) is 23.7. The van der Waals surface area contributed by atoms with Crippen LogP contribution in [0, 0.1) is 13.8 Å². The third-order valence-electron chi connectivity index (χ3n) is 4.04. The standard InChI is InChI=1S/C19H20N2O4/c1-11-4-6-15(8-12(11)2)25-13(3)19(23)20-14-5-7-17-16(9-14)21-18(22)10-24-17/h4-9,13H,10H2,1-3H3,(H,20,23)(H,21,22)/t13-/m0/s1. The van der Waals surface area contributed by atoms with Gasteiger partial charge in [-0.2, -0.15) is 0 Å². The molecule has 0 saturated heterocycles. The second-order valence-corrected chi connectivity index (χ2v) is 6.04. The van der Waals surface area contributed by atoms with Crippen molar-refractivity contribution < 1.29 is 19.1 Å². The smallest absolute Gasteiger partial charge is 0.265 e. The molecule has 1 aliphatic rings. The average Bonchev–Trinajstić information content (AvgIpc) is 2.57. The highest BCUT2D eigenvalue weighted by atomic mass is 16.5. The van der Waals surface area contributed by atoms with Gasteiger partial charge in [-0.3, -0.25) is 9.59 Å². The molecule has 0 aromatic heterocycles. The van der Waals surface area contributed by atoms with Crippen molar-refractivity contribution in [2.75, 3.05) is 17.2 Å². The molecule has 2 amide bonds. The Labute approximate surface area is 146 Å². The molecule has 0 unspecified atom stereocenters. The highest BCUT2D eigenvalue weighted by Gasteiger charge is 2.19. The molecule has 6 heteroatoms. The van der Waals surface area contributed by atoms with E-state index < -0.39 is 6.10 Å². The Kier molecular flexibility index (Phi) is 4.61. The van der Waals surface area contributed by atoms with Gasteiger partial charge in [-0.1, -0.05) is 6.07 Å². The molecule has 2 aromatic carbocycles. The molecule has 1 heterocycles. The van der Waals surface area contributed by atoms with E-state index in [1.807, 2.05) is 32.0 Å². The lowest BCUT2D eigenvalue weighted by molar-refractivity contribution is -0.122. The molecule has 1 aliphatic heterocycles. The maximum absolute atomic E-state index is 12.3. The summed E-state index contributed by atoms with van der Waals surface area (Å²) in [6.07, 6.45) is -0.663. The largest absolute Gasteiger partial charge is 0.482 e. The monoisotopic (exact) mass is 340 g/mol. The molecular weight excluding hydrogens is 320 g/mol. The average molecular weight is 340 g/mol. The number of anilines is 2. The number of fused-ring (bicyclic) bond motifs is 1. The van der Waals surface area contributed by atoms with Crippen LogP contribution in [0.2, 0.25) is 0 Å². The summed E-state index contributed by atoms with van der Waals surface area (Å²) in [6, 6.07) is 10.8. The van der Waals surface area contributed by atoms with Crippen molar-refractivity contribution in [2.45, 2.75) is 26.9 Å². The van der Waals surface area contributed by atoms with Crippen LogP contribution in [-0.4, -0.2) is 24.5 Å². The molecule has 3 rings (SSSR count). The first-order chi connectivity index (χ1) is 11.9. The van der Waals surface area contributed by atoms with Crippen LogP contribution < -0.4 is 20.1 Å². The predicted molar refractivity (Wildman–Crippen MR) is 95.2 cm³/mol. The zero-order chi connectivity index (χ0) is 18.0. The van der Waals surface area contributed by atoms with E-state index in [-0.39, 0.29) is 18.4 Å². The molecule has 25 heavy (non-hydrogen) atoms. The molecule has 0 fully saturated rings. The van der Waals surface area contributed by atoms with Crippen molar-refractivity contribution >= 4 is 23.2 Å². The number of benzene rings is 2. The summed E-state index contributed by atoms with van der Waals surface area (Å²) >= 11 is 0. The summed E-state index contributed by atoms with van der Waals surface area (Å²) in [7, 11) is 0. The van der Waals surface area contributed by atoms with Gasteiger partial charge in [0, 0.05) is 5.69 Å². The van der Waals surface area contributed by atoms with Gasteiger partial charge in [-0.05, 0) is 62.2 Å². The number of rotatable bonds is 4. The third-order valence-corrected chi connectivity index (χ3v) is 4.04. The van der Waals surface area contributed by atoms with Crippen LogP contribution in [0.1, 0.15) is 18.1 Å². The molecule has 0 aliphatic carbocycles. The topological polar surface area (TPSA) is 76.7 Å². The van der Waals surface area contributed by atoms with Crippen LogP contribution in [0.3, 0.4) is 0 Å². The number of hydrogen-bond donors (Lipinski definition) is 2. The van der Waals surface area contributed by atoms with Gasteiger partial charge >= 0.3 is 0 Å². The lowest BCUT2D eigenvalue weighted by atomic mass is 10.1. The van der Waals surface area contributed by atoms with E-state index in [2.05, 4.69) is 10.6 Å². The molecule has 1 atom stereocenters. The number of amides is 2. The Bertz CT molecular complexity index is 832. The maximum atomic E-state index is 12.3. The fourth-order valence-corrected chi connectivity index (χ4v) is 2.45. The molecule has 0 spiro atoms. The van der Waals surface area contributed by atoms with Crippen molar-refractivity contribution in [1.82, 2.24) is 0 Å². The second-order valence-electron chi connectivity index (χ2n) is 6.04. The highest BCUT2D eigenvalue weighted by molar-refractivity contribution is 5.98. The molecular formula is C19H20N2O4. The van der Waals surface area contributed by atoms with Gasteiger partial charge in [-0.25, -0.2) is 0 Å². The third kappa shape index (κ3) is 3.91. The van der Waals surface area contributed by atoms with E-state index >= 15 is 0 Å². The maximum Gasteiger partial charge on any atom is 0.265 e. The number of hydrogen-bond acceptors (Lipinski definition) is 4. The predicted octanol–water partition coefficient (Wildman–Crippen LogP) is 3.04. The summed E-state index contributed by atoms with van der Waals surface area (Å²) < 4.78 is 11.0. The van der Waals surface area contributed by atoms with E-state index in [0.29, 0.717) is 22.9 Å². The summed E-state index contributed by atoms with van der Waals surface area (Å²) in [5.74, 6) is 0.734. The van der Waals surface area contributed by atoms with Crippen molar-refractivity contribution in [3.05, 3.63) is 47.5 Å². The Morgan fingerprint density at radius 3 is 2.76 bits per heavy atom. The lowest BCUT2D eigenvalue weighted by Gasteiger charge is -2.19. The van der Waals surface area contributed by atoms with Gasteiger partial charge in [0.2, 0.25) is 0 Å². The lowest BCUT2D eigenvalue weighted by Crippen LogP contribution is -2.30. The van der Waals surface area contributed by atoms with Gasteiger partial charge < -0.3 is 20.1 Å². The number of carbonyl (C=O) groups excluding carboxylic acids is 2. The van der Waals surface area contributed by atoms with Gasteiger partial charge in [0.25, 0.3) is 11.8 Å². The highest BCUT2D eigenvalue weighted by Crippen LogP contribution is 2.30. The molecule has 0 bridgehead atoms. The van der Waals surface area contributed by atoms with Crippen molar-refractivity contribution in [3.8, 4) is 11.5 Å². The van der Waals surface area contributed by atoms with Crippen LogP contribution in [0.25, 0.3) is 0 Å². The Morgan fingerprint density at radius 2 is 2.00 bits per heavy atom. The van der Waals surface area contributed by atoms with Crippen LogP contribution in [0.4, 0.5) is 11.4 Å². The Balaban J connectivity index is 1.66. The summed E-state index contributed by atoms with van der Waals surface area (Å²) in [6.45, 7) is 5.71. The van der Waals surface area contributed by atoms with Crippen molar-refractivity contribution in [3.63, 3.8) is 0 Å². The number of carbonyl (C=O) groups is 2. The van der Waals surface area contributed by atoms with Crippen molar-refractivity contribution in [1.29, 1.82) is 0 Å². The first-order valence-electron chi connectivity index (χ1n) is 8.04. The minimum absolute atomic E-state index is 0.000450. The van der Waals surface area contributed by atoms with Gasteiger partial charge in [0.15, 0.2) is 12.7 Å². The van der Waals surface area contributed by atoms with Crippen molar-refractivity contribution in [2.24, 2.45) is 0 Å². The minimum Gasteiger partial charge on any atom is -0.482 e. The molecule has 0 radical (unpaired) electrons. The first-order valence-corrected chi connectivity index (χ1v) is 8.04. The van der Waals surface area contributed by atoms with Crippen LogP contribution in [0.5, 0.6) is 11.5 Å². The van der Waals surface area contributed by atoms with Gasteiger partial charge in [0.1, 0.15) is 11.5 Å². The normalized spacial score (nSPS) is 14.0. The molecule has 0 saturated carbocycles. The SMILES string of the molecule is Cc1ccc(O[C@@H](C)C(=O)Nc2ccc3c(c2)NC(=O)CO3)cc1C. The van der Waals surface area contributed by atoms with E-state index in [1.165, 1.54) is 5.56 Å². The number of aryl methyl sites for hydroxylation is 2. The fraction of sp³-hybridized carbons (Fsp3) is 0.263. The van der Waals surface area contributed by atoms with E-state index in [1.54, 1.807) is 25.1 Å².